The highest BCUT2D eigenvalue weighted by molar-refractivity contribution is 5.60. The summed E-state index contributed by atoms with van der Waals surface area (Å²) in [6.45, 7) is 5.08. The third-order valence-corrected chi connectivity index (χ3v) is 3.57. The summed E-state index contributed by atoms with van der Waals surface area (Å²) in [5.41, 5.74) is 2.32. The highest BCUT2D eigenvalue weighted by atomic mass is 15.2. The Labute approximate surface area is 142 Å². The van der Waals surface area contributed by atoms with Gasteiger partial charge < -0.3 is 10.2 Å². The van der Waals surface area contributed by atoms with Gasteiger partial charge in [-0.1, -0.05) is 54.6 Å². The lowest BCUT2D eigenvalue weighted by atomic mass is 10.2. The van der Waals surface area contributed by atoms with Gasteiger partial charge in [0.05, 0.1) is 0 Å². The molecule has 0 aliphatic heterocycles. The highest BCUT2D eigenvalue weighted by Crippen LogP contribution is 2.26. The Hall–Kier alpha value is -3.14. The Morgan fingerprint density at radius 2 is 1.67 bits per heavy atom. The second kappa shape index (κ2) is 7.92. The van der Waals surface area contributed by atoms with Gasteiger partial charge in [0, 0.05) is 25.0 Å². The van der Waals surface area contributed by atoms with Gasteiger partial charge in [-0.25, -0.2) is 4.98 Å². The molecule has 4 nitrogen and oxygen atoms in total. The van der Waals surface area contributed by atoms with Crippen molar-refractivity contribution in [1.29, 1.82) is 0 Å². The maximum atomic E-state index is 4.64. The molecule has 3 rings (SSSR count). The van der Waals surface area contributed by atoms with Crippen LogP contribution in [0.25, 0.3) is 0 Å². The van der Waals surface area contributed by atoms with E-state index in [1.54, 1.807) is 12.3 Å². The molecule has 0 aliphatic carbocycles. The van der Waals surface area contributed by atoms with Crippen molar-refractivity contribution in [2.24, 2.45) is 0 Å². The van der Waals surface area contributed by atoms with Gasteiger partial charge in [-0.3, -0.25) is 0 Å². The Balaban J connectivity index is 1.94. The smallest absolute Gasteiger partial charge is 0.224 e. The lowest BCUT2D eigenvalue weighted by molar-refractivity contribution is 0.937. The summed E-state index contributed by atoms with van der Waals surface area (Å²) in [6.07, 6.45) is 3.56. The summed E-state index contributed by atoms with van der Waals surface area (Å²) in [6, 6.07) is 22.5. The summed E-state index contributed by atoms with van der Waals surface area (Å²) in [5, 5.41) is 3.14. The number of anilines is 3. The molecule has 0 bridgehead atoms. The average molecular weight is 316 g/mol. The van der Waals surface area contributed by atoms with E-state index in [1.165, 1.54) is 5.56 Å². The van der Waals surface area contributed by atoms with E-state index in [1.807, 2.05) is 30.3 Å². The molecule has 24 heavy (non-hydrogen) atoms. The maximum absolute atomic E-state index is 4.64. The standard InChI is InChI=1S/C20H20N4/c1-2-14-21-20-22-15-13-19(23-20)24(18-11-7-4-8-12-18)16-17-9-5-3-6-10-17/h2-13,15H,1,14,16H2,(H,21,22,23). The lowest BCUT2D eigenvalue weighted by Gasteiger charge is -2.24. The molecule has 120 valence electrons. The Bertz CT molecular complexity index is 772. The van der Waals surface area contributed by atoms with Crippen LogP contribution in [0, 0.1) is 0 Å². The van der Waals surface area contributed by atoms with E-state index in [-0.39, 0.29) is 0 Å². The van der Waals surface area contributed by atoms with Crippen LogP contribution in [0.4, 0.5) is 17.5 Å². The van der Waals surface area contributed by atoms with Gasteiger partial charge in [0.15, 0.2) is 0 Å². The second-order valence-corrected chi connectivity index (χ2v) is 5.32. The van der Waals surface area contributed by atoms with Crippen molar-refractivity contribution in [1.82, 2.24) is 9.97 Å². The number of hydrogen-bond donors (Lipinski definition) is 1. The Morgan fingerprint density at radius 1 is 0.958 bits per heavy atom. The first-order chi connectivity index (χ1) is 11.9. The second-order valence-electron chi connectivity index (χ2n) is 5.32. The first kappa shape index (κ1) is 15.7. The third-order valence-electron chi connectivity index (χ3n) is 3.57. The van der Waals surface area contributed by atoms with E-state index in [9.17, 15) is 0 Å². The van der Waals surface area contributed by atoms with Crippen LogP contribution >= 0.6 is 0 Å². The maximum Gasteiger partial charge on any atom is 0.224 e. The van der Waals surface area contributed by atoms with Gasteiger partial charge >= 0.3 is 0 Å². The molecule has 4 heteroatoms. The van der Waals surface area contributed by atoms with E-state index in [0.29, 0.717) is 12.5 Å². The number of benzene rings is 2. The summed E-state index contributed by atoms with van der Waals surface area (Å²) < 4.78 is 0. The number of para-hydroxylation sites is 1. The Kier molecular flexibility index (Phi) is 5.20. The quantitative estimate of drug-likeness (QED) is 0.655. The first-order valence-corrected chi connectivity index (χ1v) is 7.91. The molecular weight excluding hydrogens is 296 g/mol. The predicted octanol–water partition coefficient (Wildman–Crippen LogP) is 4.41. The molecule has 2 aromatic carbocycles. The monoisotopic (exact) mass is 316 g/mol. The van der Waals surface area contributed by atoms with Crippen molar-refractivity contribution in [3.8, 4) is 0 Å². The molecule has 0 radical (unpaired) electrons. The SMILES string of the molecule is C=CCNc1nccc(N(Cc2ccccc2)c2ccccc2)n1. The molecule has 3 aromatic rings. The molecule has 1 heterocycles. The molecule has 1 N–H and O–H groups in total. The summed E-state index contributed by atoms with van der Waals surface area (Å²) in [7, 11) is 0. The van der Waals surface area contributed by atoms with E-state index < -0.39 is 0 Å². The van der Waals surface area contributed by atoms with Gasteiger partial charge in [-0.2, -0.15) is 4.98 Å². The number of hydrogen-bond acceptors (Lipinski definition) is 4. The largest absolute Gasteiger partial charge is 0.351 e. The molecular formula is C20H20N4. The molecule has 0 amide bonds. The molecule has 0 saturated carbocycles. The number of rotatable bonds is 7. The highest BCUT2D eigenvalue weighted by Gasteiger charge is 2.12. The van der Waals surface area contributed by atoms with Gasteiger partial charge in [0.1, 0.15) is 5.82 Å². The minimum Gasteiger partial charge on any atom is -0.351 e. The van der Waals surface area contributed by atoms with Gasteiger partial charge in [-0.15, -0.1) is 6.58 Å². The molecule has 0 saturated heterocycles. The van der Waals surface area contributed by atoms with Crippen LogP contribution in [0.15, 0.2) is 85.6 Å². The van der Waals surface area contributed by atoms with Crippen LogP contribution in [-0.4, -0.2) is 16.5 Å². The van der Waals surface area contributed by atoms with Crippen molar-refractivity contribution < 1.29 is 0 Å². The minimum absolute atomic E-state index is 0.599. The minimum atomic E-state index is 0.599. The number of aromatic nitrogens is 2. The van der Waals surface area contributed by atoms with Crippen LogP contribution in [0.1, 0.15) is 5.56 Å². The van der Waals surface area contributed by atoms with Crippen LogP contribution < -0.4 is 10.2 Å². The molecule has 0 unspecified atom stereocenters. The van der Waals surface area contributed by atoms with Crippen molar-refractivity contribution in [2.75, 3.05) is 16.8 Å². The Morgan fingerprint density at radius 3 is 2.38 bits per heavy atom. The van der Waals surface area contributed by atoms with Gasteiger partial charge in [0.2, 0.25) is 5.95 Å². The fourth-order valence-corrected chi connectivity index (χ4v) is 2.43. The molecule has 0 atom stereocenters. The zero-order valence-electron chi connectivity index (χ0n) is 13.5. The zero-order valence-corrected chi connectivity index (χ0v) is 13.5. The number of nitrogens with zero attached hydrogens (tertiary/aromatic N) is 3. The predicted molar refractivity (Wildman–Crippen MR) is 99.4 cm³/mol. The van der Waals surface area contributed by atoms with Crippen LogP contribution in [0.2, 0.25) is 0 Å². The van der Waals surface area contributed by atoms with E-state index in [0.717, 1.165) is 18.1 Å². The van der Waals surface area contributed by atoms with Crippen LogP contribution in [0.5, 0.6) is 0 Å². The van der Waals surface area contributed by atoms with Crippen molar-refractivity contribution in [2.45, 2.75) is 6.54 Å². The van der Waals surface area contributed by atoms with Crippen molar-refractivity contribution >= 4 is 17.5 Å². The lowest BCUT2D eigenvalue weighted by Crippen LogP contribution is -2.18. The summed E-state index contributed by atoms with van der Waals surface area (Å²) in [4.78, 5) is 11.1. The average Bonchev–Trinajstić information content (AvgIpc) is 2.66. The van der Waals surface area contributed by atoms with Crippen molar-refractivity contribution in [3.05, 3.63) is 91.1 Å². The third kappa shape index (κ3) is 3.98. The van der Waals surface area contributed by atoms with Crippen LogP contribution in [-0.2, 0) is 6.54 Å². The van der Waals surface area contributed by atoms with Crippen molar-refractivity contribution in [3.63, 3.8) is 0 Å². The first-order valence-electron chi connectivity index (χ1n) is 7.91. The fourth-order valence-electron chi connectivity index (χ4n) is 2.43. The molecule has 1 aromatic heterocycles. The summed E-state index contributed by atoms with van der Waals surface area (Å²) >= 11 is 0. The molecule has 0 spiro atoms. The topological polar surface area (TPSA) is 41.1 Å². The van der Waals surface area contributed by atoms with Gasteiger partial charge in [-0.05, 0) is 23.8 Å². The fraction of sp³-hybridized carbons (Fsp3) is 0.100. The van der Waals surface area contributed by atoms with E-state index in [4.69, 9.17) is 0 Å². The summed E-state index contributed by atoms with van der Waals surface area (Å²) in [5.74, 6) is 1.45. The normalized spacial score (nSPS) is 10.2. The number of nitrogens with one attached hydrogen (secondary N) is 1. The van der Waals surface area contributed by atoms with Gasteiger partial charge in [0.25, 0.3) is 0 Å². The molecule has 0 fully saturated rings. The van der Waals surface area contributed by atoms with E-state index >= 15 is 0 Å². The van der Waals surface area contributed by atoms with Crippen LogP contribution in [0.3, 0.4) is 0 Å². The molecule has 0 aliphatic rings. The van der Waals surface area contributed by atoms with E-state index in [2.05, 4.69) is 63.2 Å². The zero-order chi connectivity index (χ0) is 16.6.